The molecule has 0 unspecified atom stereocenters. The second-order valence-electron chi connectivity index (χ2n) is 6.71. The van der Waals surface area contributed by atoms with Crippen molar-refractivity contribution in [1.29, 1.82) is 0 Å². The Morgan fingerprint density at radius 2 is 1.61 bits per heavy atom. The zero-order chi connectivity index (χ0) is 13.6. The maximum absolute atomic E-state index is 3.66. The van der Waals surface area contributed by atoms with Crippen LogP contribution in [-0.2, 0) is 0 Å². The molecule has 0 aliphatic heterocycles. The topological polar surface area (TPSA) is 12.0 Å². The Labute approximate surface area is 117 Å². The van der Waals surface area contributed by atoms with E-state index in [0.717, 1.165) is 12.3 Å². The van der Waals surface area contributed by atoms with Gasteiger partial charge in [-0.15, -0.1) is 11.8 Å². The molecule has 2 heteroatoms. The van der Waals surface area contributed by atoms with Crippen LogP contribution in [0.2, 0.25) is 0 Å². The maximum Gasteiger partial charge on any atom is 0.0130 e. The van der Waals surface area contributed by atoms with Crippen molar-refractivity contribution < 1.29 is 0 Å². The van der Waals surface area contributed by atoms with Crippen LogP contribution in [0.25, 0.3) is 0 Å². The summed E-state index contributed by atoms with van der Waals surface area (Å²) in [5, 5.41) is 3.66. The monoisotopic (exact) mass is 265 g/mol. The highest BCUT2D eigenvalue weighted by molar-refractivity contribution is 7.99. The quantitative estimate of drug-likeness (QED) is 0.597. The molecule has 0 saturated heterocycles. The van der Waals surface area contributed by atoms with E-state index < -0.39 is 0 Å². The molecule has 1 N–H and O–H groups in total. The lowest BCUT2D eigenvalue weighted by Gasteiger charge is -2.33. The van der Waals surface area contributed by atoms with Gasteiger partial charge in [-0.2, -0.15) is 0 Å². The average molecular weight is 265 g/mol. The van der Waals surface area contributed by atoms with Crippen molar-refractivity contribution in [2.45, 2.75) is 51.5 Å². The molecule has 0 bridgehead atoms. The van der Waals surface area contributed by atoms with E-state index in [4.69, 9.17) is 0 Å². The molecule has 0 saturated carbocycles. The number of hydrogen-bond donors (Lipinski definition) is 1. The highest BCUT2D eigenvalue weighted by atomic mass is 32.2. The highest BCUT2D eigenvalue weighted by Crippen LogP contribution is 2.26. The van der Waals surface area contributed by atoms with Crippen LogP contribution in [0.5, 0.6) is 0 Å². The SMILES string of the molecule is CC(C)(C)CC(C)(C)NCCSc1ccccc1. The Morgan fingerprint density at radius 1 is 1.00 bits per heavy atom. The first-order valence-corrected chi connectivity index (χ1v) is 7.70. The van der Waals surface area contributed by atoms with Gasteiger partial charge in [0.05, 0.1) is 0 Å². The van der Waals surface area contributed by atoms with E-state index in [1.165, 1.54) is 11.3 Å². The molecule has 1 rings (SSSR count). The van der Waals surface area contributed by atoms with E-state index >= 15 is 0 Å². The van der Waals surface area contributed by atoms with Crippen molar-refractivity contribution in [1.82, 2.24) is 5.32 Å². The second kappa shape index (κ2) is 6.63. The van der Waals surface area contributed by atoms with Crippen molar-refractivity contribution >= 4 is 11.8 Å². The van der Waals surface area contributed by atoms with Crippen molar-refractivity contribution in [3.8, 4) is 0 Å². The van der Waals surface area contributed by atoms with Crippen LogP contribution >= 0.6 is 11.8 Å². The molecule has 18 heavy (non-hydrogen) atoms. The molecule has 0 fully saturated rings. The van der Waals surface area contributed by atoms with Crippen LogP contribution in [0.4, 0.5) is 0 Å². The number of benzene rings is 1. The summed E-state index contributed by atoms with van der Waals surface area (Å²) in [6.45, 7) is 12.6. The van der Waals surface area contributed by atoms with Crippen LogP contribution in [0.1, 0.15) is 41.0 Å². The lowest BCUT2D eigenvalue weighted by Crippen LogP contribution is -2.43. The molecular weight excluding hydrogens is 238 g/mol. The third-order valence-corrected chi connectivity index (χ3v) is 3.70. The molecule has 0 aliphatic rings. The van der Waals surface area contributed by atoms with Crippen LogP contribution < -0.4 is 5.32 Å². The normalized spacial score (nSPS) is 12.7. The van der Waals surface area contributed by atoms with Gasteiger partial charge in [0.2, 0.25) is 0 Å². The molecule has 0 amide bonds. The van der Waals surface area contributed by atoms with Gasteiger partial charge in [0.15, 0.2) is 0 Å². The Bertz CT molecular complexity index is 338. The fraction of sp³-hybridized carbons (Fsp3) is 0.625. The van der Waals surface area contributed by atoms with Crippen LogP contribution in [-0.4, -0.2) is 17.8 Å². The summed E-state index contributed by atoms with van der Waals surface area (Å²) in [4.78, 5) is 1.35. The molecule has 0 radical (unpaired) electrons. The summed E-state index contributed by atoms with van der Waals surface area (Å²) in [5.41, 5.74) is 0.596. The Morgan fingerprint density at radius 3 is 2.17 bits per heavy atom. The van der Waals surface area contributed by atoms with Gasteiger partial charge in [0.25, 0.3) is 0 Å². The van der Waals surface area contributed by atoms with E-state index in [2.05, 4.69) is 70.3 Å². The maximum atomic E-state index is 3.66. The summed E-state index contributed by atoms with van der Waals surface area (Å²) in [7, 11) is 0. The molecule has 102 valence electrons. The molecule has 0 aliphatic carbocycles. The van der Waals surface area contributed by atoms with E-state index in [-0.39, 0.29) is 5.54 Å². The molecule has 0 atom stereocenters. The molecular formula is C16H27NS. The van der Waals surface area contributed by atoms with Gasteiger partial charge in [0.1, 0.15) is 0 Å². The standard InChI is InChI=1S/C16H27NS/c1-15(2,3)13-16(4,5)17-11-12-18-14-9-7-6-8-10-14/h6-10,17H,11-13H2,1-5H3. The largest absolute Gasteiger partial charge is 0.311 e. The molecule has 1 aromatic rings. The second-order valence-corrected chi connectivity index (χ2v) is 7.88. The van der Waals surface area contributed by atoms with E-state index in [1.807, 2.05) is 11.8 Å². The van der Waals surface area contributed by atoms with Crippen LogP contribution in [0.15, 0.2) is 35.2 Å². The molecule has 0 spiro atoms. The van der Waals surface area contributed by atoms with Gasteiger partial charge < -0.3 is 5.32 Å². The van der Waals surface area contributed by atoms with Crippen molar-refractivity contribution in [3.05, 3.63) is 30.3 Å². The van der Waals surface area contributed by atoms with Crippen molar-refractivity contribution in [2.24, 2.45) is 5.41 Å². The van der Waals surface area contributed by atoms with Gasteiger partial charge in [-0.1, -0.05) is 39.0 Å². The first-order chi connectivity index (χ1) is 8.29. The lowest BCUT2D eigenvalue weighted by atomic mass is 9.82. The fourth-order valence-electron chi connectivity index (χ4n) is 2.46. The van der Waals surface area contributed by atoms with Gasteiger partial charge >= 0.3 is 0 Å². The van der Waals surface area contributed by atoms with Gasteiger partial charge in [-0.25, -0.2) is 0 Å². The third kappa shape index (κ3) is 7.07. The Hall–Kier alpha value is -0.470. The summed E-state index contributed by atoms with van der Waals surface area (Å²) in [5.74, 6) is 1.12. The highest BCUT2D eigenvalue weighted by Gasteiger charge is 2.24. The van der Waals surface area contributed by atoms with E-state index in [1.54, 1.807) is 0 Å². The van der Waals surface area contributed by atoms with Crippen LogP contribution in [0.3, 0.4) is 0 Å². The fourth-order valence-corrected chi connectivity index (χ4v) is 3.25. The number of rotatable bonds is 6. The lowest BCUT2D eigenvalue weighted by molar-refractivity contribution is 0.246. The predicted octanol–water partition coefficient (Wildman–Crippen LogP) is 4.58. The van der Waals surface area contributed by atoms with Gasteiger partial charge in [-0.3, -0.25) is 0 Å². The summed E-state index contributed by atoms with van der Waals surface area (Å²) in [6, 6.07) is 10.6. The van der Waals surface area contributed by atoms with Gasteiger partial charge in [0, 0.05) is 22.7 Å². The summed E-state index contributed by atoms with van der Waals surface area (Å²) in [6.07, 6.45) is 1.19. The molecule has 1 nitrogen and oxygen atoms in total. The number of hydrogen-bond acceptors (Lipinski definition) is 2. The minimum Gasteiger partial charge on any atom is -0.311 e. The zero-order valence-corrected chi connectivity index (χ0v) is 13.2. The van der Waals surface area contributed by atoms with Crippen LogP contribution in [0, 0.1) is 5.41 Å². The Kier molecular flexibility index (Phi) is 5.74. The smallest absolute Gasteiger partial charge is 0.0130 e. The molecule has 0 aromatic heterocycles. The predicted molar refractivity (Wildman–Crippen MR) is 83.3 cm³/mol. The minimum absolute atomic E-state index is 0.218. The Balaban J connectivity index is 2.25. The minimum atomic E-state index is 0.218. The first-order valence-electron chi connectivity index (χ1n) is 6.71. The summed E-state index contributed by atoms with van der Waals surface area (Å²) < 4.78 is 0. The average Bonchev–Trinajstić information content (AvgIpc) is 2.23. The zero-order valence-electron chi connectivity index (χ0n) is 12.4. The van der Waals surface area contributed by atoms with E-state index in [9.17, 15) is 0 Å². The van der Waals surface area contributed by atoms with E-state index in [0.29, 0.717) is 5.41 Å². The number of thioether (sulfide) groups is 1. The number of nitrogens with one attached hydrogen (secondary N) is 1. The molecule has 1 aromatic carbocycles. The van der Waals surface area contributed by atoms with Gasteiger partial charge in [-0.05, 0) is 37.8 Å². The van der Waals surface area contributed by atoms with Crippen molar-refractivity contribution in [2.75, 3.05) is 12.3 Å². The molecule has 0 heterocycles. The van der Waals surface area contributed by atoms with Crippen molar-refractivity contribution in [3.63, 3.8) is 0 Å². The summed E-state index contributed by atoms with van der Waals surface area (Å²) >= 11 is 1.92. The first kappa shape index (κ1) is 15.6. The third-order valence-electron chi connectivity index (χ3n) is 2.69.